The molecule has 3 rings (SSSR count). The van der Waals surface area contributed by atoms with Gasteiger partial charge in [0.1, 0.15) is 11.3 Å². The molecular formula is C17H16N4O2. The Morgan fingerprint density at radius 3 is 2.70 bits per heavy atom. The molecule has 0 atom stereocenters. The Labute approximate surface area is 133 Å². The summed E-state index contributed by atoms with van der Waals surface area (Å²) in [5.74, 6) is -0.662. The summed E-state index contributed by atoms with van der Waals surface area (Å²) in [7, 11) is 0. The molecule has 0 spiro atoms. The second-order valence-corrected chi connectivity index (χ2v) is 5.14. The van der Waals surface area contributed by atoms with E-state index in [0.717, 1.165) is 11.3 Å². The van der Waals surface area contributed by atoms with Gasteiger partial charge in [-0.2, -0.15) is 0 Å². The summed E-state index contributed by atoms with van der Waals surface area (Å²) in [5.41, 5.74) is 2.66. The van der Waals surface area contributed by atoms with E-state index in [1.165, 1.54) is 0 Å². The summed E-state index contributed by atoms with van der Waals surface area (Å²) in [6.07, 6.45) is 3.44. The number of nitrogens with zero attached hydrogens (tertiary/aromatic N) is 2. The van der Waals surface area contributed by atoms with Crippen molar-refractivity contribution >= 4 is 23.1 Å². The number of hydrogen-bond donors (Lipinski definition) is 2. The number of nitrogens with one attached hydrogen (secondary N) is 2. The quantitative estimate of drug-likeness (QED) is 0.774. The maximum atomic E-state index is 12.1. The Morgan fingerprint density at radius 1 is 1.13 bits per heavy atom. The summed E-state index contributed by atoms with van der Waals surface area (Å²) >= 11 is 0. The summed E-state index contributed by atoms with van der Waals surface area (Å²) in [5, 5.41) is 5.34. The number of imidazole rings is 1. The molecule has 0 aliphatic heterocycles. The van der Waals surface area contributed by atoms with Crippen molar-refractivity contribution in [1.82, 2.24) is 14.7 Å². The zero-order valence-electron chi connectivity index (χ0n) is 12.6. The van der Waals surface area contributed by atoms with Crippen LogP contribution in [0.1, 0.15) is 16.1 Å². The standard InChI is InChI=1S/C17H16N4O2/c1-12-6-2-3-7-13(12)20-16(22)10-18-17(23)14-11-21-9-5-4-8-15(21)19-14/h2-9,11H,10H2,1H3,(H,18,23)(H,20,22). The van der Waals surface area contributed by atoms with Gasteiger partial charge in [0, 0.05) is 18.1 Å². The topological polar surface area (TPSA) is 75.5 Å². The van der Waals surface area contributed by atoms with Crippen LogP contribution in [-0.2, 0) is 4.79 Å². The van der Waals surface area contributed by atoms with Gasteiger partial charge in [-0.05, 0) is 30.7 Å². The minimum absolute atomic E-state index is 0.110. The number of carbonyl (C=O) groups is 2. The molecule has 2 N–H and O–H groups in total. The first kappa shape index (κ1) is 14.8. The average Bonchev–Trinajstić information content (AvgIpc) is 2.99. The molecule has 1 aromatic carbocycles. The lowest BCUT2D eigenvalue weighted by Crippen LogP contribution is -2.33. The van der Waals surface area contributed by atoms with Crippen molar-refractivity contribution in [1.29, 1.82) is 0 Å². The van der Waals surface area contributed by atoms with Crippen molar-refractivity contribution in [2.75, 3.05) is 11.9 Å². The molecule has 2 heterocycles. The molecule has 3 aromatic rings. The van der Waals surface area contributed by atoms with E-state index in [-0.39, 0.29) is 24.1 Å². The number of aromatic nitrogens is 2. The maximum Gasteiger partial charge on any atom is 0.271 e. The van der Waals surface area contributed by atoms with Crippen LogP contribution in [0.25, 0.3) is 5.65 Å². The zero-order chi connectivity index (χ0) is 16.2. The minimum atomic E-state index is -0.381. The number of aryl methyl sites for hydroxylation is 1. The maximum absolute atomic E-state index is 12.1. The number of anilines is 1. The molecule has 116 valence electrons. The molecule has 6 heteroatoms. The highest BCUT2D eigenvalue weighted by Gasteiger charge is 2.12. The predicted octanol–water partition coefficient (Wildman–Crippen LogP) is 2.01. The Balaban J connectivity index is 1.60. The first-order chi connectivity index (χ1) is 11.1. The van der Waals surface area contributed by atoms with Gasteiger partial charge >= 0.3 is 0 Å². The zero-order valence-corrected chi connectivity index (χ0v) is 12.6. The molecule has 0 aliphatic carbocycles. The van der Waals surface area contributed by atoms with Gasteiger partial charge in [0.25, 0.3) is 5.91 Å². The van der Waals surface area contributed by atoms with E-state index >= 15 is 0 Å². The molecule has 0 aliphatic rings. The highest BCUT2D eigenvalue weighted by Crippen LogP contribution is 2.12. The molecular weight excluding hydrogens is 292 g/mol. The predicted molar refractivity (Wildman–Crippen MR) is 87.3 cm³/mol. The highest BCUT2D eigenvalue weighted by atomic mass is 16.2. The van der Waals surface area contributed by atoms with Crippen molar-refractivity contribution in [2.24, 2.45) is 0 Å². The van der Waals surface area contributed by atoms with E-state index in [9.17, 15) is 9.59 Å². The molecule has 0 saturated carbocycles. The molecule has 6 nitrogen and oxygen atoms in total. The van der Waals surface area contributed by atoms with Crippen LogP contribution in [0.5, 0.6) is 0 Å². The molecule has 0 radical (unpaired) electrons. The van der Waals surface area contributed by atoms with E-state index < -0.39 is 0 Å². The fraction of sp³-hybridized carbons (Fsp3) is 0.118. The van der Waals surface area contributed by atoms with Gasteiger partial charge in [0.15, 0.2) is 0 Å². The van der Waals surface area contributed by atoms with Crippen molar-refractivity contribution in [3.8, 4) is 0 Å². The monoisotopic (exact) mass is 308 g/mol. The molecule has 0 saturated heterocycles. The SMILES string of the molecule is Cc1ccccc1NC(=O)CNC(=O)c1cn2ccccc2n1. The van der Waals surface area contributed by atoms with Crippen molar-refractivity contribution < 1.29 is 9.59 Å². The van der Waals surface area contributed by atoms with Crippen LogP contribution in [0.2, 0.25) is 0 Å². The third kappa shape index (κ3) is 3.37. The summed E-state index contributed by atoms with van der Waals surface area (Å²) < 4.78 is 1.75. The first-order valence-electron chi connectivity index (χ1n) is 7.21. The average molecular weight is 308 g/mol. The second-order valence-electron chi connectivity index (χ2n) is 5.14. The first-order valence-corrected chi connectivity index (χ1v) is 7.21. The Bertz CT molecular complexity index is 837. The largest absolute Gasteiger partial charge is 0.342 e. The number of rotatable bonds is 4. The van der Waals surface area contributed by atoms with E-state index in [2.05, 4.69) is 15.6 Å². The van der Waals surface area contributed by atoms with Crippen LogP contribution in [0.3, 0.4) is 0 Å². The van der Waals surface area contributed by atoms with E-state index in [1.807, 2.05) is 55.6 Å². The third-order valence-electron chi connectivity index (χ3n) is 3.43. The number of pyridine rings is 1. The van der Waals surface area contributed by atoms with E-state index in [4.69, 9.17) is 0 Å². The van der Waals surface area contributed by atoms with Gasteiger partial charge in [-0.3, -0.25) is 9.59 Å². The Kier molecular flexibility index (Phi) is 4.05. The smallest absolute Gasteiger partial charge is 0.271 e. The normalized spacial score (nSPS) is 10.5. The number of hydrogen-bond acceptors (Lipinski definition) is 3. The van der Waals surface area contributed by atoms with Crippen molar-refractivity contribution in [3.63, 3.8) is 0 Å². The van der Waals surface area contributed by atoms with Crippen LogP contribution < -0.4 is 10.6 Å². The molecule has 0 fully saturated rings. The molecule has 2 amide bonds. The lowest BCUT2D eigenvalue weighted by molar-refractivity contribution is -0.115. The van der Waals surface area contributed by atoms with Gasteiger partial charge in [-0.25, -0.2) is 4.98 Å². The Hall–Kier alpha value is -3.15. The molecule has 0 bridgehead atoms. The summed E-state index contributed by atoms with van der Waals surface area (Å²) in [4.78, 5) is 28.2. The van der Waals surface area contributed by atoms with E-state index in [0.29, 0.717) is 5.65 Å². The van der Waals surface area contributed by atoms with Crippen molar-refractivity contribution in [3.05, 3.63) is 66.1 Å². The molecule has 0 unspecified atom stereocenters. The van der Waals surface area contributed by atoms with Crippen LogP contribution in [0.4, 0.5) is 5.69 Å². The van der Waals surface area contributed by atoms with Gasteiger partial charge in [-0.15, -0.1) is 0 Å². The van der Waals surface area contributed by atoms with Gasteiger partial charge in [0.05, 0.1) is 6.54 Å². The number of benzene rings is 1. The third-order valence-corrected chi connectivity index (χ3v) is 3.43. The number of amides is 2. The molecule has 23 heavy (non-hydrogen) atoms. The second kappa shape index (κ2) is 6.31. The number of para-hydroxylation sites is 1. The summed E-state index contributed by atoms with van der Waals surface area (Å²) in [6.45, 7) is 1.80. The van der Waals surface area contributed by atoms with Crippen LogP contribution >= 0.6 is 0 Å². The van der Waals surface area contributed by atoms with Crippen LogP contribution in [-0.4, -0.2) is 27.7 Å². The van der Waals surface area contributed by atoms with Gasteiger partial charge in [0.2, 0.25) is 5.91 Å². The fourth-order valence-electron chi connectivity index (χ4n) is 2.20. The van der Waals surface area contributed by atoms with Crippen molar-refractivity contribution in [2.45, 2.75) is 6.92 Å². The van der Waals surface area contributed by atoms with Crippen LogP contribution in [0, 0.1) is 6.92 Å². The lowest BCUT2D eigenvalue weighted by Gasteiger charge is -2.08. The van der Waals surface area contributed by atoms with Gasteiger partial charge in [-0.1, -0.05) is 24.3 Å². The lowest BCUT2D eigenvalue weighted by atomic mass is 10.2. The summed E-state index contributed by atoms with van der Waals surface area (Å²) in [6, 6.07) is 13.0. The number of fused-ring (bicyclic) bond motifs is 1. The van der Waals surface area contributed by atoms with Gasteiger partial charge < -0.3 is 15.0 Å². The number of carbonyl (C=O) groups excluding carboxylic acids is 2. The Morgan fingerprint density at radius 2 is 1.91 bits per heavy atom. The molecule has 2 aromatic heterocycles. The van der Waals surface area contributed by atoms with E-state index in [1.54, 1.807) is 10.6 Å². The minimum Gasteiger partial charge on any atom is -0.342 e. The highest BCUT2D eigenvalue weighted by molar-refractivity contribution is 5.98. The fourth-order valence-corrected chi connectivity index (χ4v) is 2.20. The van der Waals surface area contributed by atoms with Crippen LogP contribution in [0.15, 0.2) is 54.9 Å².